The number of carbonyl (C=O) groups excluding carboxylic acids is 6. The van der Waals surface area contributed by atoms with Crippen molar-refractivity contribution in [3.63, 3.8) is 0 Å². The molecule has 0 N–H and O–H groups in total. The molecule has 0 aliphatic rings. The van der Waals surface area contributed by atoms with Crippen molar-refractivity contribution in [1.82, 2.24) is 0 Å². The van der Waals surface area contributed by atoms with Crippen molar-refractivity contribution >= 4 is 35.3 Å². The van der Waals surface area contributed by atoms with Gasteiger partial charge in [0.25, 0.3) is 0 Å². The van der Waals surface area contributed by atoms with Gasteiger partial charge in [0.2, 0.25) is 0 Å². The van der Waals surface area contributed by atoms with E-state index in [1.807, 2.05) is 96.9 Å². The molecule has 9 nitrogen and oxygen atoms in total. The Hall–Kier alpha value is -2.58. The van der Waals surface area contributed by atoms with Gasteiger partial charge in [-0.1, -0.05) is 97.4 Å². The van der Waals surface area contributed by atoms with Gasteiger partial charge in [-0.15, -0.1) is 0 Å². The predicted octanol–water partition coefficient (Wildman–Crippen LogP) is 8.28. The van der Waals surface area contributed by atoms with Crippen LogP contribution in [0.25, 0.3) is 0 Å². The molecule has 0 aromatic heterocycles. The Labute approximate surface area is 275 Å². The van der Waals surface area contributed by atoms with Gasteiger partial charge in [-0.25, -0.2) is 0 Å². The Bertz CT molecular complexity index is 882. The molecule has 266 valence electrons. The van der Waals surface area contributed by atoms with Crippen LogP contribution in [0, 0.1) is 22.2 Å². The van der Waals surface area contributed by atoms with Crippen LogP contribution in [0.4, 0.5) is 0 Å². The van der Waals surface area contributed by atoms with Gasteiger partial charge in [0.1, 0.15) is 17.3 Å². The highest BCUT2D eigenvalue weighted by molar-refractivity contribution is 5.88. The van der Waals surface area contributed by atoms with E-state index in [4.69, 9.17) is 14.2 Å². The van der Waals surface area contributed by atoms with E-state index in [0.717, 1.165) is 12.8 Å². The average molecular weight is 645 g/mol. The molecule has 45 heavy (non-hydrogen) atoms. The molecule has 1 unspecified atom stereocenters. The first-order valence-corrected chi connectivity index (χ1v) is 16.0. The maximum Gasteiger partial charge on any atom is 0.306 e. The van der Waals surface area contributed by atoms with Crippen molar-refractivity contribution in [3.05, 3.63) is 0 Å². The van der Waals surface area contributed by atoms with Crippen molar-refractivity contribution in [2.75, 3.05) is 13.2 Å². The number of rotatable bonds is 15. The molecule has 0 aliphatic heterocycles. The molecule has 9 heteroatoms. The Morgan fingerprint density at radius 2 is 0.867 bits per heavy atom. The SMILES string of the molecule is C.CC(C)COC(=O)CCC(=O)C(C)(C)C.CCC(C)OC(=O)CCC(=O)C(C)(C)C.CCCOC(=O)CCC(=O)C(C)(C)C. The first kappa shape index (κ1) is 49.3. The Balaban J connectivity index is -0.000000277. The third kappa shape index (κ3) is 31.2. The maximum absolute atomic E-state index is 11.5. The lowest BCUT2D eigenvalue weighted by atomic mass is 9.88. The van der Waals surface area contributed by atoms with Crippen LogP contribution in [-0.4, -0.2) is 54.6 Å². The van der Waals surface area contributed by atoms with Crippen LogP contribution in [0.3, 0.4) is 0 Å². The van der Waals surface area contributed by atoms with Gasteiger partial charge in [-0.05, 0) is 25.7 Å². The number of esters is 3. The lowest BCUT2D eigenvalue weighted by Gasteiger charge is -2.16. The van der Waals surface area contributed by atoms with E-state index >= 15 is 0 Å². The number of ketones is 3. The quantitative estimate of drug-likeness (QED) is 0.128. The van der Waals surface area contributed by atoms with Gasteiger partial charge >= 0.3 is 17.9 Å². The number of carbonyl (C=O) groups is 6. The zero-order valence-electron chi connectivity index (χ0n) is 30.4. The molecule has 0 bridgehead atoms. The number of hydrogen-bond donors (Lipinski definition) is 0. The predicted molar refractivity (Wildman–Crippen MR) is 181 cm³/mol. The summed E-state index contributed by atoms with van der Waals surface area (Å²) in [4.78, 5) is 68.0. The summed E-state index contributed by atoms with van der Waals surface area (Å²) in [5.41, 5.74) is -1.08. The van der Waals surface area contributed by atoms with Crippen molar-refractivity contribution in [2.45, 2.75) is 162 Å². The molecule has 0 aliphatic carbocycles. The van der Waals surface area contributed by atoms with Gasteiger partial charge < -0.3 is 14.2 Å². The van der Waals surface area contributed by atoms with Gasteiger partial charge in [-0.3, -0.25) is 28.8 Å². The second-order valence-electron chi connectivity index (χ2n) is 14.5. The Morgan fingerprint density at radius 3 is 1.16 bits per heavy atom. The average Bonchev–Trinajstić information content (AvgIpc) is 2.89. The van der Waals surface area contributed by atoms with Crippen molar-refractivity contribution < 1.29 is 43.0 Å². The van der Waals surface area contributed by atoms with E-state index in [0.29, 0.717) is 19.1 Å². The second-order valence-corrected chi connectivity index (χ2v) is 14.5. The molecular weight excluding hydrogens is 576 g/mol. The Morgan fingerprint density at radius 1 is 0.533 bits per heavy atom. The first-order valence-electron chi connectivity index (χ1n) is 16.0. The molecule has 0 fully saturated rings. The standard InChI is InChI=1S/2C12H22O3.C11H20O3.CH4/c1-9(2)8-15-11(14)7-6-10(13)12(3,4)5;1-6-9(2)15-11(14)8-7-10(13)12(3,4)5;1-5-8-14-10(13)7-6-9(12)11(2,3)4;/h2*9H,6-8H2,1-5H3;5-8H2,1-4H3;1H4. The highest BCUT2D eigenvalue weighted by Gasteiger charge is 2.23. The van der Waals surface area contributed by atoms with E-state index < -0.39 is 0 Å². The molecule has 0 heterocycles. The lowest BCUT2D eigenvalue weighted by Crippen LogP contribution is -2.22. The highest BCUT2D eigenvalue weighted by atomic mass is 16.5. The highest BCUT2D eigenvalue weighted by Crippen LogP contribution is 2.19. The van der Waals surface area contributed by atoms with Crippen LogP contribution in [0.2, 0.25) is 0 Å². The number of ether oxygens (including phenoxy) is 3. The van der Waals surface area contributed by atoms with Crippen molar-refractivity contribution in [3.8, 4) is 0 Å². The fourth-order valence-electron chi connectivity index (χ4n) is 2.76. The number of Topliss-reactive ketones (excluding diaryl/α,β-unsaturated/α-hetero) is 3. The fourth-order valence-corrected chi connectivity index (χ4v) is 2.76. The summed E-state index contributed by atoms with van der Waals surface area (Å²) in [5.74, 6) is -0.182. The zero-order chi connectivity index (χ0) is 35.3. The van der Waals surface area contributed by atoms with Gasteiger partial charge in [0.15, 0.2) is 0 Å². The van der Waals surface area contributed by atoms with Crippen LogP contribution >= 0.6 is 0 Å². The maximum atomic E-state index is 11.5. The summed E-state index contributed by atoms with van der Waals surface area (Å²) < 4.78 is 14.9. The molecular formula is C36H68O9. The molecule has 0 radical (unpaired) electrons. The smallest absolute Gasteiger partial charge is 0.306 e. The van der Waals surface area contributed by atoms with E-state index in [1.54, 1.807) is 0 Å². The summed E-state index contributed by atoms with van der Waals surface area (Å²) >= 11 is 0. The molecule has 0 rings (SSSR count). The molecule has 0 saturated heterocycles. The van der Waals surface area contributed by atoms with Gasteiger partial charge in [0.05, 0.1) is 38.6 Å². The third-order valence-electron chi connectivity index (χ3n) is 6.13. The minimum absolute atomic E-state index is 0. The second kappa shape index (κ2) is 24.6. The summed E-state index contributed by atoms with van der Waals surface area (Å²) in [6.45, 7) is 27.3. The monoisotopic (exact) mass is 644 g/mol. The molecule has 0 spiro atoms. The summed E-state index contributed by atoms with van der Waals surface area (Å²) in [6, 6.07) is 0. The van der Waals surface area contributed by atoms with Crippen LogP contribution in [0.1, 0.15) is 156 Å². The summed E-state index contributed by atoms with van der Waals surface area (Å²) in [7, 11) is 0. The number of hydrogen-bond acceptors (Lipinski definition) is 9. The van der Waals surface area contributed by atoms with Gasteiger partial charge in [-0.2, -0.15) is 0 Å². The Kier molecular flexibility index (Phi) is 27.0. The van der Waals surface area contributed by atoms with E-state index in [1.165, 1.54) is 0 Å². The van der Waals surface area contributed by atoms with Gasteiger partial charge in [0, 0.05) is 35.5 Å². The molecule has 0 aromatic carbocycles. The van der Waals surface area contributed by atoms with Crippen molar-refractivity contribution in [2.24, 2.45) is 22.2 Å². The van der Waals surface area contributed by atoms with Crippen LogP contribution < -0.4 is 0 Å². The van der Waals surface area contributed by atoms with E-state index in [2.05, 4.69) is 0 Å². The molecule has 0 aromatic rings. The first-order chi connectivity index (χ1) is 19.9. The lowest BCUT2D eigenvalue weighted by molar-refractivity contribution is -0.149. The largest absolute Gasteiger partial charge is 0.466 e. The summed E-state index contributed by atoms with van der Waals surface area (Å²) in [6.07, 6.45) is 3.00. The van der Waals surface area contributed by atoms with Crippen LogP contribution in [-0.2, 0) is 43.0 Å². The fraction of sp³-hybridized carbons (Fsp3) is 0.833. The van der Waals surface area contributed by atoms with Crippen molar-refractivity contribution in [1.29, 1.82) is 0 Å². The van der Waals surface area contributed by atoms with E-state index in [-0.39, 0.29) is 104 Å². The van der Waals surface area contributed by atoms with Crippen LogP contribution in [0.5, 0.6) is 0 Å². The normalized spacial score (nSPS) is 11.8. The zero-order valence-corrected chi connectivity index (χ0v) is 30.4. The summed E-state index contributed by atoms with van der Waals surface area (Å²) in [5, 5.41) is 0. The minimum atomic E-state index is -0.364. The van der Waals surface area contributed by atoms with Crippen LogP contribution in [0.15, 0.2) is 0 Å². The molecule has 0 saturated carbocycles. The minimum Gasteiger partial charge on any atom is -0.466 e. The molecule has 0 amide bonds. The third-order valence-corrected chi connectivity index (χ3v) is 6.13. The topological polar surface area (TPSA) is 130 Å². The van der Waals surface area contributed by atoms with E-state index in [9.17, 15) is 28.8 Å². The molecule has 1 atom stereocenters.